The van der Waals surface area contributed by atoms with Crippen LogP contribution in [0.3, 0.4) is 0 Å². The molecule has 1 saturated heterocycles. The van der Waals surface area contributed by atoms with Crippen LogP contribution in [0.5, 0.6) is 5.75 Å². The third-order valence-electron chi connectivity index (χ3n) is 6.61. The van der Waals surface area contributed by atoms with Crippen molar-refractivity contribution in [2.75, 3.05) is 13.1 Å². The van der Waals surface area contributed by atoms with Gasteiger partial charge in [-0.1, -0.05) is 6.92 Å². The maximum Gasteiger partial charge on any atom is 0.331 e. The zero-order valence-corrected chi connectivity index (χ0v) is 23.6. The summed E-state index contributed by atoms with van der Waals surface area (Å²) in [6.07, 6.45) is 8.17. The molecule has 2 saturated carbocycles. The summed E-state index contributed by atoms with van der Waals surface area (Å²) in [7, 11) is 0. The van der Waals surface area contributed by atoms with E-state index in [1.54, 1.807) is 27.5 Å². The first-order valence-electron chi connectivity index (χ1n) is 10.9. The molecular weight excluding hydrogens is 622 g/mol. The van der Waals surface area contributed by atoms with E-state index in [4.69, 9.17) is 10.5 Å². The molecule has 0 spiro atoms. The largest absolute Gasteiger partial charge is 0.693 e. The van der Waals surface area contributed by atoms with Gasteiger partial charge >= 0.3 is 5.69 Å². The van der Waals surface area contributed by atoms with Crippen LogP contribution in [0, 0.1) is 30.2 Å². The predicted octanol–water partition coefficient (Wildman–Crippen LogP) is 3.65. The quantitative estimate of drug-likeness (QED) is 0.228. The first-order valence-corrected chi connectivity index (χ1v) is 10.9. The Morgan fingerprint density at radius 3 is 2.26 bits per heavy atom. The minimum atomic E-state index is -0.374. The number of likely N-dealkylation sites (tertiary alicyclic amines) is 1. The van der Waals surface area contributed by atoms with E-state index in [-0.39, 0.29) is 68.6 Å². The average Bonchev–Trinajstić information content (AvgIpc) is 3.72. The molecule has 1 aromatic carbocycles. The molecule has 5 N–H and O–H groups in total. The Morgan fingerprint density at radius 2 is 1.80 bits per heavy atom. The first-order chi connectivity index (χ1) is 14.8. The van der Waals surface area contributed by atoms with Crippen molar-refractivity contribution in [2.24, 2.45) is 5.41 Å². The van der Waals surface area contributed by atoms with E-state index in [2.05, 4.69) is 24.9 Å². The number of benzene rings is 1. The van der Waals surface area contributed by atoms with Gasteiger partial charge in [0.15, 0.2) is 11.9 Å². The molecule has 11 heteroatoms. The number of rotatable bonds is 4. The maximum atomic E-state index is 13.3. The fourth-order valence-corrected chi connectivity index (χ4v) is 4.01. The van der Waals surface area contributed by atoms with Crippen molar-refractivity contribution in [3.8, 4) is 11.9 Å². The van der Waals surface area contributed by atoms with Crippen molar-refractivity contribution in [2.45, 2.75) is 65.0 Å². The third kappa shape index (κ3) is 7.40. The van der Waals surface area contributed by atoms with Gasteiger partial charge in [0.2, 0.25) is 0 Å². The van der Waals surface area contributed by atoms with Gasteiger partial charge in [-0.15, -0.1) is 0 Å². The molecule has 0 bridgehead atoms. The summed E-state index contributed by atoms with van der Waals surface area (Å²) in [5, 5.41) is 18.4. The van der Waals surface area contributed by atoms with E-state index in [0.29, 0.717) is 43.4 Å². The normalized spacial score (nSPS) is 17.7. The zero-order valence-electron chi connectivity index (χ0n) is 20.6. The van der Waals surface area contributed by atoms with E-state index in [1.807, 2.05) is 0 Å². The Morgan fingerprint density at radius 1 is 1.23 bits per heavy atom. The summed E-state index contributed by atoms with van der Waals surface area (Å²) >= 11 is 0. The number of hydrogen-bond donors (Lipinski definition) is 1. The van der Waals surface area contributed by atoms with Crippen LogP contribution in [0.4, 0.5) is 0 Å². The molecule has 1 aromatic heterocycles. The molecule has 0 radical (unpaired) electrons. The molecule has 3 fully saturated rings. The van der Waals surface area contributed by atoms with Gasteiger partial charge in [-0.2, -0.15) is 12.2 Å². The molecule has 196 valence electrons. The molecule has 0 unspecified atom stereocenters. The van der Waals surface area contributed by atoms with Crippen LogP contribution in [-0.2, 0) is 27.6 Å². The molecule has 2 aliphatic carbocycles. The molecule has 5 rings (SSSR count). The molecule has 35 heavy (non-hydrogen) atoms. The third-order valence-corrected chi connectivity index (χ3v) is 6.61. The Labute approximate surface area is 220 Å². The monoisotopic (exact) mass is 658 g/mol. The number of nitrogens with two attached hydrogens (primary N) is 1. The van der Waals surface area contributed by atoms with Crippen LogP contribution in [0.15, 0.2) is 27.8 Å². The summed E-state index contributed by atoms with van der Waals surface area (Å²) in [4.78, 5) is 32.4. The second-order valence-electron chi connectivity index (χ2n) is 9.40. The minimum Gasteiger partial charge on any atom is -0.693 e. The van der Waals surface area contributed by atoms with Gasteiger partial charge in [-0.3, -0.25) is 13.9 Å². The van der Waals surface area contributed by atoms with Crippen molar-refractivity contribution in [3.05, 3.63) is 58.5 Å². The summed E-state index contributed by atoms with van der Waals surface area (Å²) < 4.78 is 3.02. The zero-order chi connectivity index (χ0) is 22.2. The number of hydrogen-bond acceptors (Lipinski definition) is 6. The van der Waals surface area contributed by atoms with Crippen molar-refractivity contribution in [3.63, 3.8) is 0 Å². The van der Waals surface area contributed by atoms with Gasteiger partial charge in [0, 0.05) is 46.7 Å². The van der Waals surface area contributed by atoms with Crippen LogP contribution in [-0.4, -0.2) is 37.9 Å². The standard InChI is InChI=1S/C19H22N4O4.C4H7.CH3.H2N.H2O.W/c1-19(6-7-19)11-22-16-3-2-14(27-26)10-15(16)17(24)23(18(22)25)13-4-8-21(12-20)9-5-13;1-4-2-3-4;;;;/h2-3,10,13,26H,4-9,11H2,1H3;2-3H2,1H3;1H3;2*1H2;/q;3*-1;;. The summed E-state index contributed by atoms with van der Waals surface area (Å²) in [5.41, 5.74) is -0.0326. The predicted molar refractivity (Wildman–Crippen MR) is 132 cm³/mol. The van der Waals surface area contributed by atoms with Gasteiger partial charge in [0.25, 0.3) is 5.56 Å². The van der Waals surface area contributed by atoms with Crippen molar-refractivity contribution in [1.29, 1.82) is 5.26 Å². The summed E-state index contributed by atoms with van der Waals surface area (Å²) in [6.45, 7) is 5.95. The van der Waals surface area contributed by atoms with Crippen molar-refractivity contribution >= 4 is 10.9 Å². The van der Waals surface area contributed by atoms with E-state index in [9.17, 15) is 9.59 Å². The fraction of sp³-hybridized carbons (Fsp3) is 0.542. The number of nitrogens with zero attached hydrogens (tertiary/aromatic N) is 4. The van der Waals surface area contributed by atoms with Crippen LogP contribution < -0.4 is 16.1 Å². The Bertz CT molecular complexity index is 1130. The number of aromatic nitrogens is 2. The van der Waals surface area contributed by atoms with E-state index in [0.717, 1.165) is 12.8 Å². The second kappa shape index (κ2) is 13.2. The molecule has 0 amide bonds. The Kier molecular flexibility index (Phi) is 12.4. The van der Waals surface area contributed by atoms with E-state index >= 15 is 0 Å². The molecule has 2 heterocycles. The number of fused-ring (bicyclic) bond motifs is 1. The van der Waals surface area contributed by atoms with Crippen LogP contribution in [0.25, 0.3) is 17.1 Å². The van der Waals surface area contributed by atoms with E-state index < -0.39 is 0 Å². The molecule has 1 aliphatic heterocycles. The number of piperidine rings is 1. The van der Waals surface area contributed by atoms with E-state index in [1.165, 1.54) is 23.5 Å². The summed E-state index contributed by atoms with van der Waals surface area (Å²) in [6, 6.07) is 4.43. The van der Waals surface area contributed by atoms with Gasteiger partial charge in [-0.05, 0) is 49.3 Å². The minimum absolute atomic E-state index is 0. The maximum absolute atomic E-state index is 13.3. The molecule has 3 aliphatic rings. The Hall–Kier alpha value is -2.18. The summed E-state index contributed by atoms with van der Waals surface area (Å²) in [5.74, 6) is 1.83. The van der Waals surface area contributed by atoms with Gasteiger partial charge < -0.3 is 34.8 Å². The molecular formula is C24H36N5O5W-3. The smallest absolute Gasteiger partial charge is 0.331 e. The van der Waals surface area contributed by atoms with Crippen molar-refractivity contribution < 1.29 is 36.7 Å². The SMILES string of the molecule is CC1(Cn2c(=O)n(C3CCN(C#N)CC3)c(=O)c3cc(OO)ccc32)CC1.C[C-]1CC1.O.[CH3-].[NH2-].[W]. The first kappa shape index (κ1) is 32.8. The van der Waals surface area contributed by atoms with Crippen LogP contribution in [0.1, 0.15) is 58.4 Å². The topological polar surface area (TPSA) is 165 Å². The van der Waals surface area contributed by atoms with Crippen LogP contribution >= 0.6 is 0 Å². The number of nitriles is 1. The molecule has 0 atom stereocenters. The van der Waals surface area contributed by atoms with Gasteiger partial charge in [0.1, 0.15) is 0 Å². The molecule has 10 nitrogen and oxygen atoms in total. The fourth-order valence-electron chi connectivity index (χ4n) is 4.01. The van der Waals surface area contributed by atoms with Crippen molar-refractivity contribution in [1.82, 2.24) is 14.0 Å². The molecule has 2 aromatic rings. The van der Waals surface area contributed by atoms with Gasteiger partial charge in [-0.25, -0.2) is 22.9 Å². The van der Waals surface area contributed by atoms with Crippen LogP contribution in [0.2, 0.25) is 0 Å². The average molecular weight is 658 g/mol. The van der Waals surface area contributed by atoms with Gasteiger partial charge in [0.05, 0.1) is 10.9 Å². The second-order valence-corrected chi connectivity index (χ2v) is 9.40. The Balaban J connectivity index is 0.00000132.